The largest absolute Gasteiger partial charge is 0.349 e. The van der Waals surface area contributed by atoms with Crippen LogP contribution in [0.5, 0.6) is 0 Å². The lowest BCUT2D eigenvalue weighted by Crippen LogP contribution is -2.39. The summed E-state index contributed by atoms with van der Waals surface area (Å²) in [6.45, 7) is 1.30. The van der Waals surface area contributed by atoms with Crippen molar-refractivity contribution in [2.45, 2.75) is 50.0 Å². The number of benzene rings is 3. The molecule has 0 bridgehead atoms. The van der Waals surface area contributed by atoms with Gasteiger partial charge in [0.05, 0.1) is 31.9 Å². The van der Waals surface area contributed by atoms with E-state index < -0.39 is 22.5 Å². The Hall–Kier alpha value is -3.07. The average molecular weight is 575 g/mol. The number of amides is 2. The van der Waals surface area contributed by atoms with Crippen molar-refractivity contribution < 1.29 is 18.0 Å². The minimum Gasteiger partial charge on any atom is -0.349 e. The number of rotatable bonds is 8. The number of hydrogen-bond donors (Lipinski definition) is 2. The van der Waals surface area contributed by atoms with Gasteiger partial charge < -0.3 is 10.6 Å². The summed E-state index contributed by atoms with van der Waals surface area (Å²) < 4.78 is 28.2. The fourth-order valence-electron chi connectivity index (χ4n) is 4.41. The zero-order valence-corrected chi connectivity index (χ0v) is 23.2. The first-order chi connectivity index (χ1) is 18.1. The molecule has 3 aromatic rings. The first-order valence-electron chi connectivity index (χ1n) is 12.4. The molecule has 10 heteroatoms. The SMILES string of the molecule is Cc1ccc(S(=O)(=O)N(CC(=O)Nc2ccccc2C(=O)NC2CCCCC2)c2ccc(Cl)c(Cl)c2)cc1. The van der Waals surface area contributed by atoms with E-state index in [0.29, 0.717) is 11.3 Å². The van der Waals surface area contributed by atoms with Crippen molar-refractivity contribution in [2.75, 3.05) is 16.2 Å². The van der Waals surface area contributed by atoms with Gasteiger partial charge in [-0.1, -0.05) is 72.3 Å². The second-order valence-corrected chi connectivity index (χ2v) is 12.0. The molecule has 1 aliphatic carbocycles. The predicted molar refractivity (Wildman–Crippen MR) is 152 cm³/mol. The molecule has 3 aromatic carbocycles. The molecule has 0 radical (unpaired) electrons. The van der Waals surface area contributed by atoms with Crippen molar-refractivity contribution in [3.8, 4) is 0 Å². The van der Waals surface area contributed by atoms with E-state index in [-0.39, 0.29) is 32.6 Å². The molecule has 0 spiro atoms. The smallest absolute Gasteiger partial charge is 0.264 e. The fraction of sp³-hybridized carbons (Fsp3) is 0.286. The molecule has 0 heterocycles. The van der Waals surface area contributed by atoms with Gasteiger partial charge in [0.2, 0.25) is 5.91 Å². The van der Waals surface area contributed by atoms with Gasteiger partial charge in [0.15, 0.2) is 0 Å². The van der Waals surface area contributed by atoms with Gasteiger partial charge in [-0.25, -0.2) is 8.42 Å². The molecular weight excluding hydrogens is 545 g/mol. The standard InChI is InChI=1S/C28H29Cl2N3O4S/c1-19-11-14-22(15-12-19)38(36,37)33(21-13-16-24(29)25(30)17-21)18-27(34)32-26-10-6-5-9-23(26)28(35)31-20-7-3-2-4-8-20/h5-6,9-17,20H,2-4,7-8,18H2,1H3,(H,31,35)(H,32,34). The van der Waals surface area contributed by atoms with Crippen molar-refractivity contribution in [1.29, 1.82) is 0 Å². The average Bonchev–Trinajstić information content (AvgIpc) is 2.90. The van der Waals surface area contributed by atoms with Crippen molar-refractivity contribution in [3.63, 3.8) is 0 Å². The quantitative estimate of drug-likeness (QED) is 0.335. The molecule has 7 nitrogen and oxygen atoms in total. The van der Waals surface area contributed by atoms with Crippen molar-refractivity contribution in [1.82, 2.24) is 5.32 Å². The van der Waals surface area contributed by atoms with Crippen LogP contribution in [0.4, 0.5) is 11.4 Å². The third-order valence-electron chi connectivity index (χ3n) is 6.47. The maximum atomic E-state index is 13.6. The molecule has 200 valence electrons. The minimum atomic E-state index is -4.14. The number of sulfonamides is 1. The molecule has 1 fully saturated rings. The Kier molecular flexibility index (Phi) is 8.97. The van der Waals surface area contributed by atoms with E-state index in [1.165, 1.54) is 36.8 Å². The Morgan fingerprint density at radius 2 is 1.61 bits per heavy atom. The normalized spacial score (nSPS) is 14.1. The van der Waals surface area contributed by atoms with E-state index in [1.54, 1.807) is 36.4 Å². The number of aryl methyl sites for hydroxylation is 1. The summed E-state index contributed by atoms with van der Waals surface area (Å²) in [5.74, 6) is -0.897. The molecule has 0 unspecified atom stereocenters. The fourth-order valence-corrected chi connectivity index (χ4v) is 6.12. The van der Waals surface area contributed by atoms with Gasteiger partial charge in [0.1, 0.15) is 6.54 Å². The van der Waals surface area contributed by atoms with E-state index in [0.717, 1.165) is 35.6 Å². The number of nitrogens with zero attached hydrogens (tertiary/aromatic N) is 1. The van der Waals surface area contributed by atoms with Crippen LogP contribution in [0.2, 0.25) is 10.0 Å². The van der Waals surface area contributed by atoms with Gasteiger partial charge in [0, 0.05) is 6.04 Å². The maximum Gasteiger partial charge on any atom is 0.264 e. The van der Waals surface area contributed by atoms with Gasteiger partial charge in [-0.2, -0.15) is 0 Å². The van der Waals surface area contributed by atoms with Crippen LogP contribution < -0.4 is 14.9 Å². The first-order valence-corrected chi connectivity index (χ1v) is 14.6. The summed E-state index contributed by atoms with van der Waals surface area (Å²) in [5, 5.41) is 6.18. The predicted octanol–water partition coefficient (Wildman–Crippen LogP) is 6.20. The molecular formula is C28H29Cl2N3O4S. The Morgan fingerprint density at radius 1 is 0.921 bits per heavy atom. The number of halogens is 2. The van der Waals surface area contributed by atoms with E-state index in [2.05, 4.69) is 10.6 Å². The summed E-state index contributed by atoms with van der Waals surface area (Å²) in [4.78, 5) is 26.3. The summed E-state index contributed by atoms with van der Waals surface area (Å²) in [5.41, 5.74) is 1.69. The van der Waals surface area contributed by atoms with Crippen LogP contribution in [-0.4, -0.2) is 32.8 Å². The van der Waals surface area contributed by atoms with E-state index in [1.807, 2.05) is 6.92 Å². The van der Waals surface area contributed by atoms with Gasteiger partial charge in [-0.15, -0.1) is 0 Å². The zero-order valence-electron chi connectivity index (χ0n) is 20.9. The second-order valence-electron chi connectivity index (χ2n) is 9.33. The second kappa shape index (κ2) is 12.2. The summed E-state index contributed by atoms with van der Waals surface area (Å²) in [6, 6.07) is 17.5. The Bertz CT molecular complexity index is 1420. The highest BCUT2D eigenvalue weighted by atomic mass is 35.5. The zero-order chi connectivity index (χ0) is 27.3. The summed E-state index contributed by atoms with van der Waals surface area (Å²) in [7, 11) is -4.14. The van der Waals surface area contributed by atoms with E-state index in [9.17, 15) is 18.0 Å². The van der Waals surface area contributed by atoms with Crippen LogP contribution in [0.3, 0.4) is 0 Å². The third kappa shape index (κ3) is 6.67. The Balaban J connectivity index is 1.59. The molecule has 0 aliphatic heterocycles. The van der Waals surface area contributed by atoms with E-state index >= 15 is 0 Å². The molecule has 38 heavy (non-hydrogen) atoms. The van der Waals surface area contributed by atoms with Crippen LogP contribution in [0, 0.1) is 6.92 Å². The third-order valence-corrected chi connectivity index (χ3v) is 9.00. The highest BCUT2D eigenvalue weighted by Crippen LogP contribution is 2.31. The number of hydrogen-bond acceptors (Lipinski definition) is 4. The van der Waals surface area contributed by atoms with Gasteiger partial charge in [-0.05, 0) is 62.2 Å². The Morgan fingerprint density at radius 3 is 2.29 bits per heavy atom. The van der Waals surface area contributed by atoms with Crippen molar-refractivity contribution >= 4 is 56.4 Å². The topological polar surface area (TPSA) is 95.6 Å². The van der Waals surface area contributed by atoms with E-state index in [4.69, 9.17) is 23.2 Å². The minimum absolute atomic E-state index is 0.0224. The first kappa shape index (κ1) is 28.0. The number of carbonyl (C=O) groups excluding carboxylic acids is 2. The van der Waals surface area contributed by atoms with Gasteiger partial charge in [-0.3, -0.25) is 13.9 Å². The lowest BCUT2D eigenvalue weighted by molar-refractivity contribution is -0.114. The van der Waals surface area contributed by atoms with Crippen LogP contribution in [0.1, 0.15) is 48.0 Å². The monoisotopic (exact) mass is 573 g/mol. The lowest BCUT2D eigenvalue weighted by Gasteiger charge is -2.25. The Labute approximate surface area is 233 Å². The molecule has 2 amide bonds. The number of para-hydroxylation sites is 1. The van der Waals surface area contributed by atoms with Crippen molar-refractivity contribution in [2.24, 2.45) is 0 Å². The number of nitrogens with one attached hydrogen (secondary N) is 2. The summed E-state index contributed by atoms with van der Waals surface area (Å²) >= 11 is 12.2. The van der Waals surface area contributed by atoms with Crippen molar-refractivity contribution in [3.05, 3.63) is 87.9 Å². The number of carbonyl (C=O) groups is 2. The molecule has 2 N–H and O–H groups in total. The molecule has 1 saturated carbocycles. The maximum absolute atomic E-state index is 13.6. The number of anilines is 2. The molecule has 1 aliphatic rings. The van der Waals surface area contributed by atoms with Crippen LogP contribution >= 0.6 is 23.2 Å². The summed E-state index contributed by atoms with van der Waals surface area (Å²) in [6.07, 6.45) is 5.16. The molecule has 0 atom stereocenters. The molecule has 4 rings (SSSR count). The highest BCUT2D eigenvalue weighted by molar-refractivity contribution is 7.92. The lowest BCUT2D eigenvalue weighted by atomic mass is 9.95. The van der Waals surface area contributed by atoms with Gasteiger partial charge in [0.25, 0.3) is 15.9 Å². The van der Waals surface area contributed by atoms with Crippen LogP contribution in [-0.2, 0) is 14.8 Å². The molecule has 0 aromatic heterocycles. The highest BCUT2D eigenvalue weighted by Gasteiger charge is 2.28. The molecule has 0 saturated heterocycles. The van der Waals surface area contributed by atoms with Gasteiger partial charge >= 0.3 is 0 Å². The van der Waals surface area contributed by atoms with Crippen LogP contribution in [0.15, 0.2) is 71.6 Å². The van der Waals surface area contributed by atoms with Crippen LogP contribution in [0.25, 0.3) is 0 Å².